The molecule has 1 fully saturated rings. The topological polar surface area (TPSA) is 110 Å². The van der Waals surface area contributed by atoms with Crippen LogP contribution in [-0.2, 0) is 16.0 Å². The number of pyridine rings is 1. The van der Waals surface area contributed by atoms with Crippen molar-refractivity contribution in [3.05, 3.63) is 89.7 Å². The molecule has 3 N–H and O–H groups in total. The number of anilines is 1. The highest BCUT2D eigenvalue weighted by Gasteiger charge is 2.46. The van der Waals surface area contributed by atoms with Crippen molar-refractivity contribution in [1.29, 1.82) is 0 Å². The van der Waals surface area contributed by atoms with Gasteiger partial charge in [0, 0.05) is 36.1 Å². The number of rotatable bonds is 8. The number of aromatic nitrogens is 1. The van der Waals surface area contributed by atoms with Gasteiger partial charge in [-0.1, -0.05) is 30.3 Å². The third-order valence-corrected chi connectivity index (χ3v) is 6.67. The number of aliphatic hydroxyl groups is 1. The Morgan fingerprint density at radius 3 is 2.72 bits per heavy atom. The van der Waals surface area contributed by atoms with Gasteiger partial charge in [-0.25, -0.2) is 0 Å². The molecule has 0 bridgehead atoms. The molecule has 36 heavy (non-hydrogen) atoms. The molecule has 0 saturated carbocycles. The quantitative estimate of drug-likeness (QED) is 0.451. The van der Waals surface area contributed by atoms with Crippen LogP contribution in [0.3, 0.4) is 0 Å². The number of carbonyl (C=O) groups excluding carboxylic acids is 2. The molecule has 8 nitrogen and oxygen atoms in total. The zero-order valence-electron chi connectivity index (χ0n) is 19.8. The Labute approximate surface area is 209 Å². The van der Waals surface area contributed by atoms with Gasteiger partial charge in [0.2, 0.25) is 5.91 Å². The summed E-state index contributed by atoms with van der Waals surface area (Å²) in [5.41, 5.74) is 3.23. The molecule has 1 aromatic heterocycles. The zero-order valence-corrected chi connectivity index (χ0v) is 19.8. The van der Waals surface area contributed by atoms with Gasteiger partial charge in [-0.05, 0) is 48.7 Å². The average Bonchev–Trinajstić information content (AvgIpc) is 3.27. The van der Waals surface area contributed by atoms with Crippen LogP contribution in [0.2, 0.25) is 0 Å². The minimum Gasteiger partial charge on any atom is -0.487 e. The normalized spacial score (nSPS) is 22.1. The maximum absolute atomic E-state index is 12.6. The molecule has 3 heterocycles. The van der Waals surface area contributed by atoms with Crippen LogP contribution in [-0.4, -0.2) is 53.4 Å². The fraction of sp³-hybridized carbons (Fsp3) is 0.321. The number of fused-ring (bicyclic) bond motifs is 3. The maximum atomic E-state index is 12.6. The molecular weight excluding hydrogens is 458 g/mol. The van der Waals surface area contributed by atoms with Gasteiger partial charge in [0.15, 0.2) is 0 Å². The van der Waals surface area contributed by atoms with Gasteiger partial charge >= 0.3 is 0 Å². The molecule has 4 atom stereocenters. The summed E-state index contributed by atoms with van der Waals surface area (Å²) < 4.78 is 12.2. The van der Waals surface area contributed by atoms with E-state index in [1.54, 1.807) is 24.4 Å². The van der Waals surface area contributed by atoms with Gasteiger partial charge in [0.25, 0.3) is 5.91 Å². The first-order valence-electron chi connectivity index (χ1n) is 12.2. The van der Waals surface area contributed by atoms with Crippen LogP contribution in [0.5, 0.6) is 5.75 Å². The minimum atomic E-state index is -0.535. The molecular formula is C28H29N3O5. The van der Waals surface area contributed by atoms with Crippen molar-refractivity contribution >= 4 is 17.5 Å². The van der Waals surface area contributed by atoms with Gasteiger partial charge in [-0.15, -0.1) is 0 Å². The van der Waals surface area contributed by atoms with Crippen molar-refractivity contribution < 1.29 is 24.2 Å². The van der Waals surface area contributed by atoms with Crippen LogP contribution >= 0.6 is 0 Å². The summed E-state index contributed by atoms with van der Waals surface area (Å²) in [6.45, 7) is 0.350. The summed E-state index contributed by atoms with van der Waals surface area (Å²) in [6.07, 6.45) is 3.47. The first kappa shape index (κ1) is 24.0. The lowest BCUT2D eigenvalue weighted by atomic mass is 9.84. The molecule has 2 amide bonds. The molecule has 0 radical (unpaired) electrons. The van der Waals surface area contributed by atoms with Crippen molar-refractivity contribution in [2.24, 2.45) is 0 Å². The van der Waals surface area contributed by atoms with E-state index < -0.39 is 6.10 Å². The van der Waals surface area contributed by atoms with E-state index in [0.29, 0.717) is 30.0 Å². The van der Waals surface area contributed by atoms with Crippen molar-refractivity contribution in [2.75, 3.05) is 18.5 Å². The van der Waals surface area contributed by atoms with Crippen LogP contribution in [0.15, 0.2) is 73.1 Å². The zero-order chi connectivity index (χ0) is 24.9. The minimum absolute atomic E-state index is 0.0525. The second-order valence-corrected chi connectivity index (χ2v) is 9.14. The molecule has 5 rings (SSSR count). The first-order chi connectivity index (χ1) is 17.6. The van der Waals surface area contributed by atoms with Crippen LogP contribution < -0.4 is 15.4 Å². The second kappa shape index (κ2) is 10.9. The Hall–Kier alpha value is -3.75. The van der Waals surface area contributed by atoms with E-state index in [0.717, 1.165) is 12.0 Å². The fourth-order valence-electron chi connectivity index (χ4n) is 4.94. The number of ether oxygens (including phenoxy) is 2. The number of amides is 2. The summed E-state index contributed by atoms with van der Waals surface area (Å²) in [7, 11) is 0. The number of nitrogens with one attached hydrogen (secondary N) is 2. The predicted molar refractivity (Wildman–Crippen MR) is 134 cm³/mol. The highest BCUT2D eigenvalue weighted by molar-refractivity contribution is 6.04. The van der Waals surface area contributed by atoms with E-state index in [4.69, 9.17) is 9.47 Å². The first-order valence-corrected chi connectivity index (χ1v) is 12.2. The van der Waals surface area contributed by atoms with Gasteiger partial charge in [0.1, 0.15) is 18.0 Å². The van der Waals surface area contributed by atoms with E-state index in [9.17, 15) is 14.7 Å². The number of carbonyl (C=O) groups is 2. The smallest absolute Gasteiger partial charge is 0.257 e. The van der Waals surface area contributed by atoms with E-state index in [1.165, 1.54) is 11.8 Å². The summed E-state index contributed by atoms with van der Waals surface area (Å²) >= 11 is 0. The lowest BCUT2D eigenvalue weighted by Gasteiger charge is -2.37. The van der Waals surface area contributed by atoms with Crippen LogP contribution in [0.25, 0.3) is 0 Å². The molecule has 0 aliphatic carbocycles. The Kier molecular flexibility index (Phi) is 7.25. The highest BCUT2D eigenvalue weighted by atomic mass is 16.6. The summed E-state index contributed by atoms with van der Waals surface area (Å²) in [6, 6.07) is 18.9. The molecule has 186 valence electrons. The number of hydrogen-bond donors (Lipinski definition) is 3. The molecule has 2 aromatic carbocycles. The van der Waals surface area contributed by atoms with E-state index in [2.05, 4.69) is 15.6 Å². The van der Waals surface area contributed by atoms with E-state index >= 15 is 0 Å². The molecule has 0 unspecified atom stereocenters. The average molecular weight is 488 g/mol. The van der Waals surface area contributed by atoms with Gasteiger partial charge < -0.3 is 25.2 Å². The largest absolute Gasteiger partial charge is 0.487 e. The van der Waals surface area contributed by atoms with Gasteiger partial charge in [-0.3, -0.25) is 14.6 Å². The SMILES string of the molecule is O=C(C[C@@H]1C[C@@H]2c3cc(NC(=O)c4cccnc4)ccc3O[C@@H]2[C@@H](CO)O1)NCCc1ccccc1. The van der Waals surface area contributed by atoms with Crippen LogP contribution in [0.4, 0.5) is 5.69 Å². The summed E-state index contributed by atoms with van der Waals surface area (Å²) in [5, 5.41) is 15.8. The van der Waals surface area contributed by atoms with E-state index in [1.807, 2.05) is 42.5 Å². The maximum Gasteiger partial charge on any atom is 0.257 e. The van der Waals surface area contributed by atoms with Crippen molar-refractivity contribution in [2.45, 2.75) is 43.5 Å². The third-order valence-electron chi connectivity index (χ3n) is 6.67. The Bertz CT molecular complexity index is 1200. The Morgan fingerprint density at radius 2 is 1.94 bits per heavy atom. The monoisotopic (exact) mass is 487 g/mol. The van der Waals surface area contributed by atoms with Crippen molar-refractivity contribution in [3.8, 4) is 5.75 Å². The third kappa shape index (κ3) is 5.40. The predicted octanol–water partition coefficient (Wildman–Crippen LogP) is 3.08. The van der Waals surface area contributed by atoms with Crippen LogP contribution in [0, 0.1) is 0 Å². The molecule has 1 saturated heterocycles. The molecule has 2 aliphatic rings. The molecule has 8 heteroatoms. The van der Waals surface area contributed by atoms with Crippen molar-refractivity contribution in [1.82, 2.24) is 10.3 Å². The molecule has 0 spiro atoms. The van der Waals surface area contributed by atoms with Crippen LogP contribution in [0.1, 0.15) is 40.2 Å². The van der Waals surface area contributed by atoms with Gasteiger partial charge in [-0.2, -0.15) is 0 Å². The lowest BCUT2D eigenvalue weighted by molar-refractivity contribution is -0.142. The van der Waals surface area contributed by atoms with E-state index in [-0.39, 0.29) is 43.0 Å². The number of nitrogens with zero attached hydrogens (tertiary/aromatic N) is 1. The second-order valence-electron chi connectivity index (χ2n) is 9.14. The number of aliphatic hydroxyl groups excluding tert-OH is 1. The lowest BCUT2D eigenvalue weighted by Crippen LogP contribution is -2.47. The number of benzene rings is 2. The molecule has 3 aromatic rings. The Morgan fingerprint density at radius 1 is 1.08 bits per heavy atom. The van der Waals surface area contributed by atoms with Crippen molar-refractivity contribution in [3.63, 3.8) is 0 Å². The Balaban J connectivity index is 1.23. The fourth-order valence-corrected chi connectivity index (χ4v) is 4.94. The standard InChI is InChI=1S/C28H29N3O5/c32-17-25-27-23(14-21(35-25)15-26(33)30-12-10-18-5-2-1-3-6-18)22-13-20(8-9-24(22)36-27)31-28(34)19-7-4-11-29-16-19/h1-9,11,13,16,21,23,25,27,32H,10,12,14-15,17H2,(H,30,33)(H,31,34)/t21-,23+,25+,27-/m0/s1. The summed E-state index contributed by atoms with van der Waals surface area (Å²) in [5.74, 6) is 0.328. The molecule has 2 aliphatic heterocycles. The van der Waals surface area contributed by atoms with Gasteiger partial charge in [0.05, 0.1) is 24.7 Å². The highest BCUT2D eigenvalue weighted by Crippen LogP contribution is 2.47. The number of hydrogen-bond acceptors (Lipinski definition) is 6. The summed E-state index contributed by atoms with van der Waals surface area (Å²) in [4.78, 5) is 29.2.